The summed E-state index contributed by atoms with van der Waals surface area (Å²) in [5, 5.41) is 0.390. The fourth-order valence-corrected chi connectivity index (χ4v) is 21.9. The van der Waals surface area contributed by atoms with Crippen LogP contribution in [0.15, 0.2) is 285 Å². The van der Waals surface area contributed by atoms with Crippen LogP contribution in [0.4, 0.5) is 173 Å². The van der Waals surface area contributed by atoms with E-state index >= 15 is 70.2 Å². The van der Waals surface area contributed by atoms with E-state index in [-0.39, 0.29) is 129 Å². The van der Waals surface area contributed by atoms with Gasteiger partial charge in [-0.25, -0.2) is 70.2 Å². The molecule has 18 aromatic rings. The molecule has 628 valence electrons. The lowest BCUT2D eigenvalue weighted by Gasteiger charge is -2.47. The Morgan fingerprint density at radius 2 is 0.546 bits per heavy atom. The van der Waals surface area contributed by atoms with Crippen LogP contribution in [-0.4, -0.2) is 20.1 Å². The molecule has 0 spiro atoms. The Morgan fingerprint density at radius 3 is 0.938 bits per heavy atom. The fourth-order valence-electron chi connectivity index (χ4n) is 19.4. The minimum Gasteiger partial charge on any atom is -0.458 e. The fraction of sp³-hybridized carbons (Fsp3) is 0. The molecule has 0 bridgehead atoms. The van der Waals surface area contributed by atoms with Crippen molar-refractivity contribution in [2.75, 3.05) is 29.4 Å². The van der Waals surface area contributed by atoms with Crippen molar-refractivity contribution in [2.45, 2.75) is 0 Å². The Morgan fingerprint density at radius 1 is 0.231 bits per heavy atom. The first-order valence-electron chi connectivity index (χ1n) is 40.5. The molecule has 9 nitrogen and oxygen atoms in total. The largest absolute Gasteiger partial charge is 0.458 e. The van der Waals surface area contributed by atoms with Crippen molar-refractivity contribution in [1.29, 1.82) is 0 Å². The number of anilines is 18. The molecule has 30 heteroatoms. The van der Waals surface area contributed by atoms with Gasteiger partial charge in [0.05, 0.1) is 17.1 Å². The van der Waals surface area contributed by atoms with E-state index < -0.39 is 159 Å². The number of fused-ring (bicyclic) bond motifs is 16. The highest BCUT2D eigenvalue weighted by Gasteiger charge is 2.53. The minimum absolute atomic E-state index is 0.0261. The first kappa shape index (κ1) is 78.2. The van der Waals surface area contributed by atoms with Crippen LogP contribution in [0, 0.1) is 93.1 Å². The molecule has 0 saturated heterocycles. The third-order valence-corrected chi connectivity index (χ3v) is 27.0. The van der Waals surface area contributed by atoms with Gasteiger partial charge in [0.15, 0.2) is 0 Å². The Kier molecular flexibility index (Phi) is 17.5. The summed E-state index contributed by atoms with van der Waals surface area (Å²) in [6, 6.07) is 60.3. The summed E-state index contributed by atoms with van der Waals surface area (Å²) in [5.74, 6) is -19.7. The van der Waals surface area contributed by atoms with Gasteiger partial charge in [-0.15, -0.1) is 22.7 Å². The first-order chi connectivity index (χ1) is 63.1. The maximum Gasteiger partial charge on any atom is 0.273 e. The standard InChI is InChI=1S/C100H47B3F16N6O3S2/c104-48-32-34-85-55(36-48)97-99(129-85)102-59-44-57-75(46-76(59)124(95-71(116)28-12-29-72(95)117)80-40-53(41-82(127-97)88(80)102)121(90-61(106)18-7-19-62(90)107)91-63(108)20-8-21-64(91)109)123(94-69(114)26-11-27-70(94)115)78-38-52(120(50-14-3-1-4-15-50)51-16-5-2-6-17-51)39-79-87(78)101(57)58-45-60-81(47-77(58)125(79)96-73(118)30-13-31-74(96)119)126-83-42-54(122(92-65(110)22-9-23-66(92)111)93-67(112)24-10-25-68(93)113)43-84-89(83)103(60)100-98(128-84)56-37-49(105)33-35-86(56)130-100/h1-47H. The summed E-state index contributed by atoms with van der Waals surface area (Å²) in [6.07, 6.45) is 0. The van der Waals surface area contributed by atoms with E-state index in [4.69, 9.17) is 14.2 Å². The number of thiophene rings is 2. The lowest BCUT2D eigenvalue weighted by atomic mass is 9.30. The summed E-state index contributed by atoms with van der Waals surface area (Å²) in [7, 11) is 0. The van der Waals surface area contributed by atoms with Gasteiger partial charge < -0.3 is 33.8 Å². The van der Waals surface area contributed by atoms with E-state index in [1.54, 1.807) is 89.8 Å². The van der Waals surface area contributed by atoms with Gasteiger partial charge in [-0.1, -0.05) is 91.0 Å². The molecule has 130 heavy (non-hydrogen) atoms. The number of benzene rings is 16. The Hall–Kier alpha value is -15.3. The van der Waals surface area contributed by atoms with Crippen LogP contribution in [0.1, 0.15) is 0 Å². The zero-order chi connectivity index (χ0) is 88.6. The predicted octanol–water partition coefficient (Wildman–Crippen LogP) is 24.0. The number of hydrogen-bond donors (Lipinski definition) is 0. The molecule has 0 atom stereocenters. The second-order valence-corrected chi connectivity index (χ2v) is 33.9. The third-order valence-electron chi connectivity index (χ3n) is 24.6. The van der Waals surface area contributed by atoms with Crippen LogP contribution in [0.3, 0.4) is 0 Å². The first-order valence-corrected chi connectivity index (χ1v) is 42.1. The molecule has 8 heterocycles. The molecule has 0 N–H and O–H groups in total. The molecular formula is C100H47B3F16N6O3S2. The van der Waals surface area contributed by atoms with E-state index in [0.29, 0.717) is 40.1 Å². The highest BCUT2D eigenvalue weighted by Crippen LogP contribution is 2.57. The second-order valence-electron chi connectivity index (χ2n) is 31.7. The average molecular weight is 1780 g/mol. The molecule has 0 radical (unpaired) electrons. The zero-order valence-corrected chi connectivity index (χ0v) is 67.8. The van der Waals surface area contributed by atoms with Gasteiger partial charge >= 0.3 is 0 Å². The predicted molar refractivity (Wildman–Crippen MR) is 478 cm³/mol. The van der Waals surface area contributed by atoms with Crippen molar-refractivity contribution >= 4 is 213 Å². The summed E-state index contributed by atoms with van der Waals surface area (Å²) < 4.78 is 300. The van der Waals surface area contributed by atoms with Crippen molar-refractivity contribution in [1.82, 2.24) is 0 Å². The van der Waals surface area contributed by atoms with E-state index in [1.165, 1.54) is 93.9 Å². The number of rotatable bonds is 12. The van der Waals surface area contributed by atoms with Gasteiger partial charge in [-0.2, -0.15) is 0 Å². The highest BCUT2D eigenvalue weighted by atomic mass is 32.1. The molecule has 6 aliphatic heterocycles. The van der Waals surface area contributed by atoms with E-state index in [2.05, 4.69) is 0 Å². The summed E-state index contributed by atoms with van der Waals surface area (Å²) in [6.45, 7) is -3.92. The maximum absolute atomic E-state index is 18.5. The second kappa shape index (κ2) is 29.1. The zero-order valence-electron chi connectivity index (χ0n) is 66.1. The Balaban J connectivity index is 0.846. The van der Waals surface area contributed by atoms with Crippen LogP contribution in [-0.2, 0) is 0 Å². The van der Waals surface area contributed by atoms with Crippen LogP contribution >= 0.6 is 22.7 Å². The summed E-state index contributed by atoms with van der Waals surface area (Å²) >= 11 is 2.28. The van der Waals surface area contributed by atoms with E-state index in [9.17, 15) is 0 Å². The summed E-state index contributed by atoms with van der Waals surface area (Å²) in [4.78, 5) is 6.71. The third kappa shape index (κ3) is 11.6. The number of hydrogen-bond acceptors (Lipinski definition) is 11. The molecule has 6 aliphatic rings. The maximum atomic E-state index is 18.5. The molecule has 24 rings (SSSR count). The molecule has 2 aromatic heterocycles. The number of nitrogens with zero attached hydrogens (tertiary/aromatic N) is 6. The monoisotopic (exact) mass is 1780 g/mol. The molecule has 0 fully saturated rings. The molecule has 0 unspecified atom stereocenters. The van der Waals surface area contributed by atoms with Gasteiger partial charge in [-0.3, -0.25) is 9.80 Å². The highest BCUT2D eigenvalue weighted by molar-refractivity contribution is 7.34. The average Bonchev–Trinajstić information content (AvgIpc) is 1.45. The molecule has 0 amide bonds. The van der Waals surface area contributed by atoms with Crippen molar-refractivity contribution in [3.8, 4) is 34.5 Å². The lowest BCUT2D eigenvalue weighted by molar-refractivity contribution is 0.468. The molecular weight excluding hydrogens is 1730 g/mol. The van der Waals surface area contributed by atoms with Gasteiger partial charge in [0.25, 0.3) is 20.1 Å². The van der Waals surface area contributed by atoms with Gasteiger partial charge in [0.1, 0.15) is 167 Å². The van der Waals surface area contributed by atoms with Crippen molar-refractivity contribution < 1.29 is 84.5 Å². The van der Waals surface area contributed by atoms with Crippen molar-refractivity contribution in [2.24, 2.45) is 0 Å². The van der Waals surface area contributed by atoms with Crippen LogP contribution in [0.2, 0.25) is 0 Å². The van der Waals surface area contributed by atoms with Gasteiger partial charge in [0, 0.05) is 105 Å². The number of para-hydroxylation sites is 9. The quantitative estimate of drug-likeness (QED) is 0.0879. The topological polar surface area (TPSA) is 47.1 Å². The van der Waals surface area contributed by atoms with Gasteiger partial charge in [-0.05, 0) is 203 Å². The van der Waals surface area contributed by atoms with E-state index in [0.717, 1.165) is 144 Å². The van der Waals surface area contributed by atoms with Crippen LogP contribution < -0.4 is 91.4 Å². The molecule has 16 aromatic carbocycles. The van der Waals surface area contributed by atoms with Crippen molar-refractivity contribution in [3.05, 3.63) is 378 Å². The minimum atomic E-state index is -1.43. The normalized spacial score (nSPS) is 13.2. The summed E-state index contributed by atoms with van der Waals surface area (Å²) in [5.41, 5.74) is -6.02. The SMILES string of the molecule is Fc1ccc2sc3c(c2c1)Oc1cc(N(c2c(F)cccc2F)c2c(F)cccc2F)cc2c1B3c1cc3c(cc1O2)N(c1c(F)cccc1F)c1cc(N(c2ccccc2)c2ccccc2)cc2c1B3c1cc3c(cc1N2c1c(F)cccc1F)N(c1c(F)cccc1F)c1cc(N(c2c(F)cccc2F)c2c(F)cccc2F)cc2c1B3c1sc3ccc(F)cc3c1O2. The van der Waals surface area contributed by atoms with Crippen LogP contribution in [0.25, 0.3) is 20.2 Å². The Bertz CT molecular complexity index is 7730. The smallest absolute Gasteiger partial charge is 0.273 e. The van der Waals surface area contributed by atoms with Crippen molar-refractivity contribution in [3.63, 3.8) is 0 Å². The molecule has 0 saturated carbocycles. The number of ether oxygens (including phenoxy) is 3. The lowest BCUT2D eigenvalue weighted by Crippen LogP contribution is -2.65. The van der Waals surface area contributed by atoms with Gasteiger partial charge in [0.2, 0.25) is 0 Å². The van der Waals surface area contributed by atoms with Crippen LogP contribution in [0.5, 0.6) is 34.5 Å². The Labute approximate surface area is 735 Å². The van der Waals surface area contributed by atoms with E-state index in [1.807, 2.05) is 0 Å². The number of halogens is 16. The molecule has 0 aliphatic carbocycles.